The molecule has 16 heavy (non-hydrogen) atoms. The van der Waals surface area contributed by atoms with Crippen LogP contribution in [0.1, 0.15) is 13.8 Å². The van der Waals surface area contributed by atoms with E-state index in [0.29, 0.717) is 13.1 Å². The molecule has 0 radical (unpaired) electrons. The molecule has 3 unspecified atom stereocenters. The molecule has 5 heteroatoms. The lowest BCUT2D eigenvalue weighted by Crippen LogP contribution is -2.34. The molecule has 1 aliphatic heterocycles. The van der Waals surface area contributed by atoms with E-state index in [-0.39, 0.29) is 29.6 Å². The van der Waals surface area contributed by atoms with Gasteiger partial charge >= 0.3 is 5.97 Å². The number of carbonyl (C=O) groups excluding carboxylic acids is 2. The standard InChI is InChI=1S/C11H20N2O3/c1-7-4-13(5-8(2)10(12)14)6-9(7)11(15)16-3/h7-9H,4-6H2,1-3H3,(H2,12,14). The molecule has 3 atom stereocenters. The first-order valence-corrected chi connectivity index (χ1v) is 5.55. The van der Waals surface area contributed by atoms with Crippen molar-refractivity contribution in [3.8, 4) is 0 Å². The van der Waals surface area contributed by atoms with Crippen LogP contribution in [0.2, 0.25) is 0 Å². The third kappa shape index (κ3) is 2.95. The molecule has 2 N–H and O–H groups in total. The smallest absolute Gasteiger partial charge is 0.310 e. The summed E-state index contributed by atoms with van der Waals surface area (Å²) >= 11 is 0. The van der Waals surface area contributed by atoms with Gasteiger partial charge in [-0.05, 0) is 5.92 Å². The molecule has 1 saturated heterocycles. The zero-order valence-corrected chi connectivity index (χ0v) is 10.1. The average molecular weight is 228 g/mol. The molecule has 0 aromatic carbocycles. The highest BCUT2D eigenvalue weighted by atomic mass is 16.5. The molecule has 1 fully saturated rings. The summed E-state index contributed by atoms with van der Waals surface area (Å²) in [5, 5.41) is 0. The fourth-order valence-corrected chi connectivity index (χ4v) is 2.15. The van der Waals surface area contributed by atoms with Gasteiger partial charge in [0.05, 0.1) is 13.0 Å². The topological polar surface area (TPSA) is 72.6 Å². The van der Waals surface area contributed by atoms with Gasteiger partial charge in [0.15, 0.2) is 0 Å². The van der Waals surface area contributed by atoms with Gasteiger partial charge in [-0.1, -0.05) is 13.8 Å². The van der Waals surface area contributed by atoms with Gasteiger partial charge in [-0.15, -0.1) is 0 Å². The molecule has 92 valence electrons. The van der Waals surface area contributed by atoms with Gasteiger partial charge in [0.25, 0.3) is 0 Å². The van der Waals surface area contributed by atoms with Gasteiger partial charge in [0.1, 0.15) is 0 Å². The highest BCUT2D eigenvalue weighted by Gasteiger charge is 2.36. The van der Waals surface area contributed by atoms with Crippen molar-refractivity contribution in [1.29, 1.82) is 0 Å². The van der Waals surface area contributed by atoms with Crippen LogP contribution in [0.25, 0.3) is 0 Å². The van der Waals surface area contributed by atoms with Gasteiger partial charge in [0.2, 0.25) is 5.91 Å². The number of nitrogens with zero attached hydrogens (tertiary/aromatic N) is 1. The first-order valence-electron chi connectivity index (χ1n) is 5.55. The Labute approximate surface area is 95.9 Å². The molecular weight excluding hydrogens is 208 g/mol. The molecule has 0 aromatic rings. The van der Waals surface area contributed by atoms with Crippen molar-refractivity contribution in [2.75, 3.05) is 26.7 Å². The number of rotatable bonds is 4. The minimum Gasteiger partial charge on any atom is -0.469 e. The normalized spacial score (nSPS) is 27.7. The summed E-state index contributed by atoms with van der Waals surface area (Å²) in [7, 11) is 1.41. The number of likely N-dealkylation sites (tertiary alicyclic amines) is 1. The third-order valence-corrected chi connectivity index (χ3v) is 3.21. The van der Waals surface area contributed by atoms with Crippen molar-refractivity contribution in [3.05, 3.63) is 0 Å². The van der Waals surface area contributed by atoms with Crippen molar-refractivity contribution in [2.24, 2.45) is 23.5 Å². The van der Waals surface area contributed by atoms with E-state index in [1.807, 2.05) is 6.92 Å². The first-order chi connectivity index (χ1) is 7.45. The van der Waals surface area contributed by atoms with Gasteiger partial charge in [-0.2, -0.15) is 0 Å². The van der Waals surface area contributed by atoms with Gasteiger partial charge in [0, 0.05) is 25.6 Å². The van der Waals surface area contributed by atoms with E-state index >= 15 is 0 Å². The molecule has 0 saturated carbocycles. The summed E-state index contributed by atoms with van der Waals surface area (Å²) in [5.74, 6) is -0.447. The molecule has 5 nitrogen and oxygen atoms in total. The van der Waals surface area contributed by atoms with Crippen LogP contribution in [-0.2, 0) is 14.3 Å². The molecule has 0 aliphatic carbocycles. The predicted molar refractivity (Wildman–Crippen MR) is 59.5 cm³/mol. The maximum atomic E-state index is 11.4. The Hall–Kier alpha value is -1.10. The van der Waals surface area contributed by atoms with Crippen LogP contribution in [0, 0.1) is 17.8 Å². The Kier molecular flexibility index (Phi) is 4.29. The minimum atomic E-state index is -0.297. The third-order valence-electron chi connectivity index (χ3n) is 3.21. The van der Waals surface area contributed by atoms with E-state index in [4.69, 9.17) is 10.5 Å². The second-order valence-electron chi connectivity index (χ2n) is 4.63. The fraction of sp³-hybridized carbons (Fsp3) is 0.818. The first kappa shape index (κ1) is 13.0. The number of amides is 1. The molecule has 0 aromatic heterocycles. The van der Waals surface area contributed by atoms with Gasteiger partial charge in [-0.25, -0.2) is 0 Å². The maximum absolute atomic E-state index is 11.4. The van der Waals surface area contributed by atoms with Crippen molar-refractivity contribution in [1.82, 2.24) is 4.90 Å². The molecule has 0 bridgehead atoms. The molecule has 0 spiro atoms. The number of hydrogen-bond acceptors (Lipinski definition) is 4. The van der Waals surface area contributed by atoms with Crippen LogP contribution < -0.4 is 5.73 Å². The zero-order chi connectivity index (χ0) is 12.3. The van der Waals surface area contributed by atoms with Crippen LogP contribution in [0.5, 0.6) is 0 Å². The zero-order valence-electron chi connectivity index (χ0n) is 10.1. The number of methoxy groups -OCH3 is 1. The van der Waals surface area contributed by atoms with Crippen LogP contribution in [0.4, 0.5) is 0 Å². The molecule has 1 heterocycles. The number of nitrogens with two attached hydrogens (primary N) is 1. The number of esters is 1. The Bertz CT molecular complexity index is 280. The lowest BCUT2D eigenvalue weighted by Gasteiger charge is -2.18. The van der Waals surface area contributed by atoms with E-state index in [0.717, 1.165) is 6.54 Å². The SMILES string of the molecule is COC(=O)C1CN(CC(C)C(N)=O)CC1C. The summed E-state index contributed by atoms with van der Waals surface area (Å²) < 4.78 is 4.75. The quantitative estimate of drug-likeness (QED) is 0.679. The Balaban J connectivity index is 2.50. The van der Waals surface area contributed by atoms with Crippen molar-refractivity contribution in [2.45, 2.75) is 13.8 Å². The lowest BCUT2D eigenvalue weighted by molar-refractivity contribution is -0.146. The van der Waals surface area contributed by atoms with E-state index in [2.05, 4.69) is 4.90 Å². The number of carbonyl (C=O) groups is 2. The Morgan fingerprint density at radius 2 is 2.12 bits per heavy atom. The van der Waals surface area contributed by atoms with Crippen molar-refractivity contribution in [3.63, 3.8) is 0 Å². The number of hydrogen-bond donors (Lipinski definition) is 1. The Morgan fingerprint density at radius 1 is 1.50 bits per heavy atom. The number of primary amides is 1. The van der Waals surface area contributed by atoms with Crippen LogP contribution >= 0.6 is 0 Å². The summed E-state index contributed by atoms with van der Waals surface area (Å²) in [6, 6.07) is 0. The van der Waals surface area contributed by atoms with Gasteiger partial charge in [-0.3, -0.25) is 9.59 Å². The highest BCUT2D eigenvalue weighted by Crippen LogP contribution is 2.24. The van der Waals surface area contributed by atoms with E-state index in [1.54, 1.807) is 6.92 Å². The lowest BCUT2D eigenvalue weighted by atomic mass is 9.99. The summed E-state index contributed by atoms with van der Waals surface area (Å²) in [5.41, 5.74) is 5.21. The molecule has 1 rings (SSSR count). The van der Waals surface area contributed by atoms with E-state index in [1.165, 1.54) is 7.11 Å². The predicted octanol–water partition coefficient (Wildman–Crippen LogP) is -0.151. The van der Waals surface area contributed by atoms with Gasteiger partial charge < -0.3 is 15.4 Å². The monoisotopic (exact) mass is 228 g/mol. The Morgan fingerprint density at radius 3 is 2.62 bits per heavy atom. The molecular formula is C11H20N2O3. The average Bonchev–Trinajstić information content (AvgIpc) is 2.58. The minimum absolute atomic E-state index is 0.0786. The largest absolute Gasteiger partial charge is 0.469 e. The second kappa shape index (κ2) is 5.30. The van der Waals surface area contributed by atoms with E-state index < -0.39 is 0 Å². The van der Waals surface area contributed by atoms with E-state index in [9.17, 15) is 9.59 Å². The van der Waals surface area contributed by atoms with Crippen molar-refractivity contribution >= 4 is 11.9 Å². The van der Waals surface area contributed by atoms with Crippen LogP contribution in [-0.4, -0.2) is 43.5 Å². The van der Waals surface area contributed by atoms with Crippen LogP contribution in [0.3, 0.4) is 0 Å². The molecule has 1 amide bonds. The summed E-state index contributed by atoms with van der Waals surface area (Å²) in [4.78, 5) is 24.5. The fourth-order valence-electron chi connectivity index (χ4n) is 2.15. The maximum Gasteiger partial charge on any atom is 0.310 e. The summed E-state index contributed by atoms with van der Waals surface area (Å²) in [6.07, 6.45) is 0. The summed E-state index contributed by atoms with van der Waals surface area (Å²) in [6.45, 7) is 5.92. The van der Waals surface area contributed by atoms with Crippen molar-refractivity contribution < 1.29 is 14.3 Å². The number of ether oxygens (including phenoxy) is 1. The molecule has 1 aliphatic rings. The van der Waals surface area contributed by atoms with Crippen LogP contribution in [0.15, 0.2) is 0 Å². The second-order valence-corrected chi connectivity index (χ2v) is 4.63. The highest BCUT2D eigenvalue weighted by molar-refractivity contribution is 5.76.